The van der Waals surface area contributed by atoms with Gasteiger partial charge in [0.25, 0.3) is 5.56 Å². The van der Waals surface area contributed by atoms with E-state index in [2.05, 4.69) is 29.8 Å². The van der Waals surface area contributed by atoms with Crippen LogP contribution in [0.3, 0.4) is 0 Å². The van der Waals surface area contributed by atoms with E-state index < -0.39 is 0 Å². The molecule has 0 N–H and O–H groups in total. The fourth-order valence-corrected chi connectivity index (χ4v) is 2.95. The predicted molar refractivity (Wildman–Crippen MR) is 85.8 cm³/mol. The summed E-state index contributed by atoms with van der Waals surface area (Å²) in [7, 11) is 0. The van der Waals surface area contributed by atoms with E-state index in [9.17, 15) is 4.79 Å². The normalized spacial score (nSPS) is 16.1. The summed E-state index contributed by atoms with van der Waals surface area (Å²) in [4.78, 5) is 19.5. The molecule has 112 valence electrons. The lowest BCUT2D eigenvalue weighted by Gasteiger charge is -2.15. The average molecular weight is 285 g/mol. The largest absolute Gasteiger partial charge is 0.302 e. The minimum atomic E-state index is 0.0849. The summed E-state index contributed by atoms with van der Waals surface area (Å²) in [6.07, 6.45) is 4.25. The third kappa shape index (κ3) is 3.00. The first kappa shape index (κ1) is 14.3. The fraction of sp³-hybridized carbons (Fsp3) is 0.529. The summed E-state index contributed by atoms with van der Waals surface area (Å²) < 4.78 is 1.75. The van der Waals surface area contributed by atoms with E-state index in [-0.39, 0.29) is 5.56 Å². The van der Waals surface area contributed by atoms with Crippen molar-refractivity contribution < 1.29 is 0 Å². The van der Waals surface area contributed by atoms with Gasteiger partial charge in [-0.05, 0) is 49.5 Å². The van der Waals surface area contributed by atoms with Crippen LogP contribution < -0.4 is 5.56 Å². The zero-order valence-corrected chi connectivity index (χ0v) is 12.9. The van der Waals surface area contributed by atoms with Crippen LogP contribution in [0, 0.1) is 0 Å². The molecule has 4 heteroatoms. The van der Waals surface area contributed by atoms with Crippen LogP contribution in [-0.2, 0) is 6.54 Å². The van der Waals surface area contributed by atoms with Crippen molar-refractivity contribution in [3.05, 3.63) is 40.4 Å². The lowest BCUT2D eigenvalue weighted by molar-refractivity contribution is 0.320. The lowest BCUT2D eigenvalue weighted by Crippen LogP contribution is -2.29. The maximum Gasteiger partial charge on any atom is 0.261 e. The average Bonchev–Trinajstić information content (AvgIpc) is 2.99. The van der Waals surface area contributed by atoms with Gasteiger partial charge in [-0.25, -0.2) is 4.98 Å². The number of hydrogen-bond donors (Lipinski definition) is 0. The molecular weight excluding hydrogens is 262 g/mol. The summed E-state index contributed by atoms with van der Waals surface area (Å²) in [5, 5.41) is 0.741. The number of hydrogen-bond acceptors (Lipinski definition) is 3. The van der Waals surface area contributed by atoms with E-state index in [0.717, 1.165) is 37.1 Å². The van der Waals surface area contributed by atoms with Gasteiger partial charge in [0.15, 0.2) is 0 Å². The first-order chi connectivity index (χ1) is 10.1. The molecule has 3 rings (SSSR count). The van der Waals surface area contributed by atoms with E-state index in [1.165, 1.54) is 18.4 Å². The molecule has 0 unspecified atom stereocenters. The second kappa shape index (κ2) is 5.98. The van der Waals surface area contributed by atoms with Crippen molar-refractivity contribution >= 4 is 10.9 Å². The Kier molecular flexibility index (Phi) is 4.06. The lowest BCUT2D eigenvalue weighted by atomic mass is 10.0. The van der Waals surface area contributed by atoms with Crippen LogP contribution in [0.5, 0.6) is 0 Å². The van der Waals surface area contributed by atoms with Crippen LogP contribution in [0.25, 0.3) is 10.9 Å². The van der Waals surface area contributed by atoms with Crippen LogP contribution in [0.1, 0.15) is 38.2 Å². The molecule has 0 saturated carbocycles. The summed E-state index contributed by atoms with van der Waals surface area (Å²) in [5.41, 5.74) is 2.07. The molecule has 1 aliphatic rings. The van der Waals surface area contributed by atoms with Crippen LogP contribution in [0.2, 0.25) is 0 Å². The van der Waals surface area contributed by atoms with Crippen molar-refractivity contribution in [1.82, 2.24) is 14.5 Å². The van der Waals surface area contributed by atoms with Gasteiger partial charge in [0, 0.05) is 13.1 Å². The third-order valence-corrected chi connectivity index (χ3v) is 4.37. The van der Waals surface area contributed by atoms with Crippen molar-refractivity contribution in [1.29, 1.82) is 0 Å². The Labute approximate surface area is 125 Å². The molecule has 0 bridgehead atoms. The number of benzene rings is 1. The van der Waals surface area contributed by atoms with Crippen LogP contribution >= 0.6 is 0 Å². The van der Waals surface area contributed by atoms with Crippen molar-refractivity contribution in [2.24, 2.45) is 0 Å². The summed E-state index contributed by atoms with van der Waals surface area (Å²) in [6.45, 7) is 8.28. The van der Waals surface area contributed by atoms with Crippen molar-refractivity contribution in [2.45, 2.75) is 39.2 Å². The van der Waals surface area contributed by atoms with Gasteiger partial charge >= 0.3 is 0 Å². The Bertz CT molecular complexity index is 684. The highest BCUT2D eigenvalue weighted by Crippen LogP contribution is 2.17. The summed E-state index contributed by atoms with van der Waals surface area (Å²) >= 11 is 0. The van der Waals surface area contributed by atoms with Gasteiger partial charge in [-0.2, -0.15) is 0 Å². The Morgan fingerprint density at radius 1 is 1.19 bits per heavy atom. The molecule has 0 spiro atoms. The molecule has 0 radical (unpaired) electrons. The molecule has 0 amide bonds. The number of nitrogens with zero attached hydrogens (tertiary/aromatic N) is 3. The smallest absolute Gasteiger partial charge is 0.261 e. The molecule has 1 saturated heterocycles. The monoisotopic (exact) mass is 285 g/mol. The van der Waals surface area contributed by atoms with Crippen molar-refractivity contribution in [3.63, 3.8) is 0 Å². The standard InChI is InChI=1S/C17H23N3O/c1-13(2)14-5-6-16-15(11-14)17(21)20(12-18-16)10-9-19-7-3-4-8-19/h5-6,11-13H,3-4,7-10H2,1-2H3. The van der Waals surface area contributed by atoms with E-state index in [1.54, 1.807) is 10.9 Å². The molecule has 1 fully saturated rings. The first-order valence-electron chi connectivity index (χ1n) is 7.86. The Balaban J connectivity index is 1.88. The van der Waals surface area contributed by atoms with E-state index in [0.29, 0.717) is 5.92 Å². The third-order valence-electron chi connectivity index (χ3n) is 4.37. The van der Waals surface area contributed by atoms with Gasteiger partial charge in [-0.1, -0.05) is 19.9 Å². The molecule has 0 atom stereocenters. The molecule has 2 heterocycles. The zero-order valence-electron chi connectivity index (χ0n) is 12.9. The minimum Gasteiger partial charge on any atom is -0.302 e. The second-order valence-electron chi connectivity index (χ2n) is 6.22. The van der Waals surface area contributed by atoms with Crippen LogP contribution in [-0.4, -0.2) is 34.1 Å². The van der Waals surface area contributed by atoms with Gasteiger partial charge < -0.3 is 4.90 Å². The van der Waals surface area contributed by atoms with E-state index in [1.807, 2.05) is 12.1 Å². The maximum absolute atomic E-state index is 12.6. The predicted octanol–water partition coefficient (Wildman–Crippen LogP) is 2.62. The van der Waals surface area contributed by atoms with Gasteiger partial charge in [0.2, 0.25) is 0 Å². The molecule has 21 heavy (non-hydrogen) atoms. The van der Waals surface area contributed by atoms with Gasteiger partial charge in [-0.15, -0.1) is 0 Å². The molecule has 4 nitrogen and oxygen atoms in total. The van der Waals surface area contributed by atoms with Gasteiger partial charge in [0.1, 0.15) is 0 Å². The quantitative estimate of drug-likeness (QED) is 0.866. The van der Waals surface area contributed by atoms with Crippen molar-refractivity contribution in [3.8, 4) is 0 Å². The Morgan fingerprint density at radius 3 is 2.67 bits per heavy atom. The minimum absolute atomic E-state index is 0.0849. The highest BCUT2D eigenvalue weighted by molar-refractivity contribution is 5.78. The van der Waals surface area contributed by atoms with Gasteiger partial charge in [0.05, 0.1) is 17.2 Å². The second-order valence-corrected chi connectivity index (χ2v) is 6.22. The first-order valence-corrected chi connectivity index (χ1v) is 7.86. The van der Waals surface area contributed by atoms with E-state index >= 15 is 0 Å². The van der Waals surface area contributed by atoms with Crippen LogP contribution in [0.4, 0.5) is 0 Å². The molecule has 1 aromatic heterocycles. The number of fused-ring (bicyclic) bond motifs is 1. The zero-order chi connectivity index (χ0) is 14.8. The topological polar surface area (TPSA) is 38.1 Å². The fourth-order valence-electron chi connectivity index (χ4n) is 2.95. The number of likely N-dealkylation sites (tertiary alicyclic amines) is 1. The highest BCUT2D eigenvalue weighted by atomic mass is 16.1. The Hall–Kier alpha value is -1.68. The van der Waals surface area contributed by atoms with E-state index in [4.69, 9.17) is 0 Å². The molecule has 1 aliphatic heterocycles. The van der Waals surface area contributed by atoms with Gasteiger partial charge in [-0.3, -0.25) is 9.36 Å². The van der Waals surface area contributed by atoms with Crippen LogP contribution in [0.15, 0.2) is 29.3 Å². The molecule has 0 aliphatic carbocycles. The van der Waals surface area contributed by atoms with Crippen molar-refractivity contribution in [2.75, 3.05) is 19.6 Å². The highest BCUT2D eigenvalue weighted by Gasteiger charge is 2.12. The Morgan fingerprint density at radius 2 is 1.95 bits per heavy atom. The SMILES string of the molecule is CC(C)c1ccc2ncn(CCN3CCCC3)c(=O)c2c1. The number of aromatic nitrogens is 2. The molecule has 2 aromatic rings. The maximum atomic E-state index is 12.6. The summed E-state index contributed by atoms with van der Waals surface area (Å²) in [5.74, 6) is 0.423. The number of rotatable bonds is 4. The molecule has 1 aromatic carbocycles. The molecular formula is C17H23N3O. The summed E-state index contributed by atoms with van der Waals surface area (Å²) in [6, 6.07) is 6.02.